The number of carbonyl (C=O) groups is 1. The molecule has 1 amide bonds. The first-order chi connectivity index (χ1) is 16.5. The normalized spacial score (nSPS) is 15.2. The molecule has 0 saturated carbocycles. The average molecular weight is 523 g/mol. The summed E-state index contributed by atoms with van der Waals surface area (Å²) in [5.74, 6) is -0.268. The highest BCUT2D eigenvalue weighted by Gasteiger charge is 2.31. The van der Waals surface area contributed by atoms with E-state index in [1.807, 2.05) is 30.2 Å². The maximum atomic E-state index is 13.5. The van der Waals surface area contributed by atoms with Crippen molar-refractivity contribution in [2.45, 2.75) is 45.9 Å². The Morgan fingerprint density at radius 2 is 1.97 bits per heavy atom. The monoisotopic (exact) mass is 522 g/mol. The second kappa shape index (κ2) is 10.2. The van der Waals surface area contributed by atoms with Crippen LogP contribution in [0.5, 0.6) is 0 Å². The van der Waals surface area contributed by atoms with Crippen LogP contribution in [0.3, 0.4) is 0 Å². The highest BCUT2D eigenvalue weighted by atomic mass is 35.5. The number of ether oxygens (including phenoxy) is 1. The Hall–Kier alpha value is -2.55. The molecule has 7 nitrogen and oxygen atoms in total. The first-order valence-electron chi connectivity index (χ1n) is 11.5. The zero-order valence-corrected chi connectivity index (χ0v) is 21.4. The predicted octanol–water partition coefficient (Wildman–Crippen LogP) is 5.05. The Labute approximate surface area is 213 Å². The molecule has 0 saturated heterocycles. The molecular formula is C25H29Cl2FN4O3. The molecule has 188 valence electrons. The number of aliphatic hydroxyl groups excluding tert-OH is 1. The van der Waals surface area contributed by atoms with Crippen LogP contribution in [0.2, 0.25) is 10.0 Å². The van der Waals surface area contributed by atoms with E-state index in [4.69, 9.17) is 27.9 Å². The molecule has 0 radical (unpaired) electrons. The number of hydrogen-bond donors (Lipinski definition) is 2. The fourth-order valence-corrected chi connectivity index (χ4v) is 4.55. The summed E-state index contributed by atoms with van der Waals surface area (Å²) in [6, 6.07) is 7.57. The van der Waals surface area contributed by atoms with Gasteiger partial charge in [-0.25, -0.2) is 14.2 Å². The standard InChI is InChI=1S/C25H29Cl2FN4O3/c1-25(2,3)23(12-32-14-29-20-9-18(26)19(27)10-22(20)32)35-24(34)30-17(13-33)11-31-7-6-15-8-16(28)4-5-21(15)31/h4-5,8-10,14,17,23,33H,6-7,11-13H2,1-3H3,(H,30,34)/t17-,23+/m1/s1. The quantitative estimate of drug-likeness (QED) is 0.454. The lowest BCUT2D eigenvalue weighted by molar-refractivity contribution is 0.0185. The minimum atomic E-state index is -0.618. The van der Waals surface area contributed by atoms with Gasteiger partial charge in [-0.3, -0.25) is 0 Å². The zero-order chi connectivity index (χ0) is 25.3. The molecule has 3 aromatic rings. The Bertz CT molecular complexity index is 1230. The number of anilines is 1. The highest BCUT2D eigenvalue weighted by molar-refractivity contribution is 6.42. The summed E-state index contributed by atoms with van der Waals surface area (Å²) in [5, 5.41) is 13.5. The maximum Gasteiger partial charge on any atom is 0.407 e. The number of rotatable bonds is 7. The molecule has 0 spiro atoms. The molecule has 2 N–H and O–H groups in total. The van der Waals surface area contributed by atoms with Gasteiger partial charge < -0.3 is 24.6 Å². The number of aliphatic hydroxyl groups is 1. The summed E-state index contributed by atoms with van der Waals surface area (Å²) in [6.07, 6.45) is 1.27. The number of amides is 1. The molecule has 0 bridgehead atoms. The molecule has 2 aromatic carbocycles. The van der Waals surface area contributed by atoms with Crippen molar-refractivity contribution in [3.05, 3.63) is 58.1 Å². The van der Waals surface area contributed by atoms with Crippen molar-refractivity contribution in [1.82, 2.24) is 14.9 Å². The molecule has 1 aromatic heterocycles. The van der Waals surface area contributed by atoms with Crippen LogP contribution < -0.4 is 10.2 Å². The van der Waals surface area contributed by atoms with Gasteiger partial charge in [-0.1, -0.05) is 44.0 Å². The van der Waals surface area contributed by atoms with Crippen molar-refractivity contribution < 1.29 is 19.0 Å². The number of nitrogens with one attached hydrogen (secondary N) is 1. The largest absolute Gasteiger partial charge is 0.444 e. The molecule has 0 fully saturated rings. The summed E-state index contributed by atoms with van der Waals surface area (Å²) in [7, 11) is 0. The van der Waals surface area contributed by atoms with Gasteiger partial charge in [0, 0.05) is 24.2 Å². The predicted molar refractivity (Wildman–Crippen MR) is 136 cm³/mol. The zero-order valence-electron chi connectivity index (χ0n) is 19.9. The van der Waals surface area contributed by atoms with Crippen molar-refractivity contribution in [1.29, 1.82) is 0 Å². The summed E-state index contributed by atoms with van der Waals surface area (Å²) in [5.41, 5.74) is 2.94. The minimum absolute atomic E-state index is 0.256. The Balaban J connectivity index is 1.43. The van der Waals surface area contributed by atoms with E-state index < -0.39 is 18.2 Å². The van der Waals surface area contributed by atoms with Gasteiger partial charge in [-0.05, 0) is 42.3 Å². The van der Waals surface area contributed by atoms with Crippen molar-refractivity contribution in [3.8, 4) is 0 Å². The number of hydrogen-bond acceptors (Lipinski definition) is 5. The molecule has 35 heavy (non-hydrogen) atoms. The van der Waals surface area contributed by atoms with Gasteiger partial charge in [0.05, 0.1) is 46.6 Å². The lowest BCUT2D eigenvalue weighted by Gasteiger charge is -2.32. The fraction of sp³-hybridized carbons (Fsp3) is 0.440. The minimum Gasteiger partial charge on any atom is -0.444 e. The number of halogens is 3. The summed E-state index contributed by atoms with van der Waals surface area (Å²) >= 11 is 12.3. The first kappa shape index (κ1) is 25.5. The Kier molecular flexibility index (Phi) is 7.45. The molecule has 1 aliphatic heterocycles. The van der Waals surface area contributed by atoms with Crippen LogP contribution >= 0.6 is 23.2 Å². The van der Waals surface area contributed by atoms with Crippen molar-refractivity contribution in [3.63, 3.8) is 0 Å². The Morgan fingerprint density at radius 1 is 1.23 bits per heavy atom. The molecular weight excluding hydrogens is 494 g/mol. The lowest BCUT2D eigenvalue weighted by atomic mass is 9.89. The van der Waals surface area contributed by atoms with E-state index in [9.17, 15) is 14.3 Å². The molecule has 2 heterocycles. The van der Waals surface area contributed by atoms with E-state index in [2.05, 4.69) is 10.3 Å². The van der Waals surface area contributed by atoms with Gasteiger partial charge >= 0.3 is 6.09 Å². The van der Waals surface area contributed by atoms with Crippen LogP contribution in [0.25, 0.3) is 11.0 Å². The summed E-state index contributed by atoms with van der Waals surface area (Å²) < 4.78 is 21.2. The third-order valence-electron chi connectivity index (χ3n) is 6.26. The number of imidazole rings is 1. The lowest BCUT2D eigenvalue weighted by Crippen LogP contribution is -2.48. The topological polar surface area (TPSA) is 79.6 Å². The number of alkyl carbamates (subject to hydrolysis) is 1. The molecule has 1 aliphatic rings. The van der Waals surface area contributed by atoms with Crippen molar-refractivity contribution >= 4 is 46.0 Å². The SMILES string of the molecule is CC(C)(C)[C@H](Cn1cnc2cc(Cl)c(Cl)cc21)OC(=O)N[C@@H](CO)CN1CCc2cc(F)ccc21. The number of fused-ring (bicyclic) bond motifs is 2. The number of nitrogens with zero attached hydrogens (tertiary/aromatic N) is 3. The molecule has 4 rings (SSSR count). The van der Waals surface area contributed by atoms with Crippen molar-refractivity contribution in [2.75, 3.05) is 24.6 Å². The van der Waals surface area contributed by atoms with Gasteiger partial charge in [-0.15, -0.1) is 0 Å². The van der Waals surface area contributed by atoms with Crippen LogP contribution in [-0.4, -0.2) is 52.6 Å². The van der Waals surface area contributed by atoms with Crippen LogP contribution in [0.4, 0.5) is 14.9 Å². The summed E-state index contributed by atoms with van der Waals surface area (Å²) in [4.78, 5) is 19.3. The van der Waals surface area contributed by atoms with Gasteiger partial charge in [0.25, 0.3) is 0 Å². The van der Waals surface area contributed by atoms with Gasteiger partial charge in [0.2, 0.25) is 0 Å². The third kappa shape index (κ3) is 5.82. The van der Waals surface area contributed by atoms with E-state index in [1.165, 1.54) is 12.1 Å². The number of carbonyl (C=O) groups excluding carboxylic acids is 1. The molecule has 2 atom stereocenters. The molecule has 10 heteroatoms. The number of benzene rings is 2. The number of aromatic nitrogens is 2. The second-order valence-electron chi connectivity index (χ2n) is 9.90. The maximum absolute atomic E-state index is 13.5. The van der Waals surface area contributed by atoms with E-state index in [1.54, 1.807) is 24.5 Å². The third-order valence-corrected chi connectivity index (χ3v) is 6.98. The smallest absolute Gasteiger partial charge is 0.407 e. The summed E-state index contributed by atoms with van der Waals surface area (Å²) in [6.45, 7) is 7.13. The average Bonchev–Trinajstić information content (AvgIpc) is 3.36. The molecule has 0 aliphatic carbocycles. The fourth-order valence-electron chi connectivity index (χ4n) is 4.24. The van der Waals surface area contributed by atoms with E-state index >= 15 is 0 Å². The van der Waals surface area contributed by atoms with Gasteiger partial charge in [-0.2, -0.15) is 0 Å². The van der Waals surface area contributed by atoms with Crippen LogP contribution in [0.1, 0.15) is 26.3 Å². The second-order valence-corrected chi connectivity index (χ2v) is 10.7. The van der Waals surface area contributed by atoms with Crippen LogP contribution in [0, 0.1) is 11.2 Å². The Morgan fingerprint density at radius 3 is 2.69 bits per heavy atom. The first-order valence-corrected chi connectivity index (χ1v) is 12.2. The van der Waals surface area contributed by atoms with Crippen LogP contribution in [0.15, 0.2) is 36.7 Å². The van der Waals surface area contributed by atoms with E-state index in [0.717, 1.165) is 23.2 Å². The van der Waals surface area contributed by atoms with E-state index in [0.29, 0.717) is 35.2 Å². The molecule has 0 unspecified atom stereocenters. The van der Waals surface area contributed by atoms with Crippen molar-refractivity contribution in [2.24, 2.45) is 5.41 Å². The van der Waals surface area contributed by atoms with E-state index in [-0.39, 0.29) is 17.8 Å². The highest BCUT2D eigenvalue weighted by Crippen LogP contribution is 2.30. The van der Waals surface area contributed by atoms with Crippen LogP contribution in [-0.2, 0) is 17.7 Å². The van der Waals surface area contributed by atoms with Gasteiger partial charge in [0.15, 0.2) is 0 Å². The van der Waals surface area contributed by atoms with Gasteiger partial charge in [0.1, 0.15) is 11.9 Å².